The third-order valence-electron chi connectivity index (χ3n) is 4.39. The zero-order valence-electron chi connectivity index (χ0n) is 14.3. The van der Waals surface area contributed by atoms with Gasteiger partial charge in [0.05, 0.1) is 0 Å². The van der Waals surface area contributed by atoms with Crippen molar-refractivity contribution in [1.82, 2.24) is 10.2 Å². The number of hydrogen-bond donors (Lipinski definition) is 2. The first-order chi connectivity index (χ1) is 10.5. The summed E-state index contributed by atoms with van der Waals surface area (Å²) >= 11 is 0. The Balaban J connectivity index is 2.50. The fraction of sp³-hybridized carbons (Fsp3) is 0.882. The number of carbonyl (C=O) groups is 2. The molecule has 22 heavy (non-hydrogen) atoms. The van der Waals surface area contributed by atoms with Gasteiger partial charge in [0.25, 0.3) is 0 Å². The normalized spacial score (nSPS) is 20.0. The van der Waals surface area contributed by atoms with Gasteiger partial charge in [0.2, 0.25) is 5.91 Å². The molecule has 0 bridgehead atoms. The van der Waals surface area contributed by atoms with Gasteiger partial charge in [-0.15, -0.1) is 0 Å². The van der Waals surface area contributed by atoms with Crippen molar-refractivity contribution >= 4 is 11.9 Å². The molecule has 1 rings (SSSR count). The number of carbonyl (C=O) groups excluding carboxylic acids is 2. The molecule has 1 saturated heterocycles. The van der Waals surface area contributed by atoms with Crippen LogP contribution in [0.1, 0.15) is 59.3 Å². The number of imide groups is 1. The summed E-state index contributed by atoms with van der Waals surface area (Å²) in [7, 11) is 0. The number of amides is 3. The Hall–Kier alpha value is -1.10. The number of aliphatic hydroxyl groups is 1. The Bertz CT molecular complexity index is 358. The van der Waals surface area contributed by atoms with E-state index in [-0.39, 0.29) is 30.4 Å². The molecule has 5 heteroatoms. The molecule has 2 atom stereocenters. The van der Waals surface area contributed by atoms with Crippen molar-refractivity contribution in [1.29, 1.82) is 0 Å². The van der Waals surface area contributed by atoms with E-state index in [2.05, 4.69) is 26.1 Å². The maximum Gasteiger partial charge on any atom is 0.324 e. The summed E-state index contributed by atoms with van der Waals surface area (Å²) in [6.07, 6.45) is 5.44. The van der Waals surface area contributed by atoms with E-state index in [0.717, 1.165) is 38.5 Å². The van der Waals surface area contributed by atoms with Crippen LogP contribution < -0.4 is 5.32 Å². The fourth-order valence-corrected chi connectivity index (χ4v) is 2.97. The van der Waals surface area contributed by atoms with Crippen LogP contribution in [0.15, 0.2) is 0 Å². The first-order valence-electron chi connectivity index (χ1n) is 8.68. The van der Waals surface area contributed by atoms with Crippen molar-refractivity contribution in [2.75, 3.05) is 19.7 Å². The lowest BCUT2D eigenvalue weighted by molar-refractivity contribution is -0.124. The molecule has 0 unspecified atom stereocenters. The van der Waals surface area contributed by atoms with Gasteiger partial charge < -0.3 is 10.0 Å². The monoisotopic (exact) mass is 312 g/mol. The van der Waals surface area contributed by atoms with Gasteiger partial charge in [-0.05, 0) is 37.5 Å². The molecule has 1 heterocycles. The minimum Gasteiger partial charge on any atom is -0.396 e. The summed E-state index contributed by atoms with van der Waals surface area (Å²) < 4.78 is 0. The van der Waals surface area contributed by atoms with E-state index in [1.165, 1.54) is 0 Å². The van der Waals surface area contributed by atoms with Gasteiger partial charge in [0, 0.05) is 25.6 Å². The summed E-state index contributed by atoms with van der Waals surface area (Å²) in [4.78, 5) is 26.2. The largest absolute Gasteiger partial charge is 0.396 e. The van der Waals surface area contributed by atoms with Crippen molar-refractivity contribution in [2.45, 2.75) is 59.3 Å². The second-order valence-electron chi connectivity index (χ2n) is 6.89. The Morgan fingerprint density at radius 3 is 2.59 bits per heavy atom. The van der Waals surface area contributed by atoms with E-state index >= 15 is 0 Å². The molecule has 3 amide bonds. The Morgan fingerprint density at radius 1 is 1.27 bits per heavy atom. The van der Waals surface area contributed by atoms with Gasteiger partial charge in [-0.2, -0.15) is 0 Å². The molecule has 0 aromatic rings. The molecule has 128 valence electrons. The lowest BCUT2D eigenvalue weighted by Crippen LogP contribution is -2.49. The molecule has 0 spiro atoms. The van der Waals surface area contributed by atoms with Crippen LogP contribution in [-0.2, 0) is 4.79 Å². The van der Waals surface area contributed by atoms with E-state index in [1.807, 2.05) is 0 Å². The highest BCUT2D eigenvalue weighted by Gasteiger charge is 2.26. The maximum atomic E-state index is 12.3. The van der Waals surface area contributed by atoms with Crippen LogP contribution in [0, 0.1) is 17.8 Å². The molecule has 0 aromatic carbocycles. The van der Waals surface area contributed by atoms with Crippen molar-refractivity contribution in [2.24, 2.45) is 17.8 Å². The van der Waals surface area contributed by atoms with Crippen molar-refractivity contribution < 1.29 is 14.7 Å². The van der Waals surface area contributed by atoms with Crippen LogP contribution in [0.2, 0.25) is 0 Å². The maximum absolute atomic E-state index is 12.3. The number of hydrogen-bond acceptors (Lipinski definition) is 3. The number of nitrogens with one attached hydrogen (secondary N) is 1. The Labute approximate surface area is 134 Å². The van der Waals surface area contributed by atoms with Gasteiger partial charge in [0.15, 0.2) is 0 Å². The lowest BCUT2D eigenvalue weighted by Gasteiger charge is -2.32. The van der Waals surface area contributed by atoms with Crippen LogP contribution in [-0.4, -0.2) is 41.6 Å². The summed E-state index contributed by atoms with van der Waals surface area (Å²) in [5.74, 6) is 0.491. The van der Waals surface area contributed by atoms with Gasteiger partial charge in [-0.3, -0.25) is 10.1 Å². The van der Waals surface area contributed by atoms with Crippen LogP contribution >= 0.6 is 0 Å². The fourth-order valence-electron chi connectivity index (χ4n) is 2.97. The second-order valence-corrected chi connectivity index (χ2v) is 6.89. The second kappa shape index (κ2) is 9.82. The molecule has 1 aliphatic rings. The van der Waals surface area contributed by atoms with E-state index in [1.54, 1.807) is 4.90 Å². The number of piperidine rings is 1. The zero-order chi connectivity index (χ0) is 16.5. The molecular formula is C17H32N2O3. The third kappa shape index (κ3) is 6.34. The average molecular weight is 312 g/mol. The topological polar surface area (TPSA) is 69.6 Å². The SMILES string of the molecule is CCC[C@@H](CCC(C)C)C(=O)NC(=O)N1CCC[C@@H](CO)C1. The van der Waals surface area contributed by atoms with E-state index < -0.39 is 0 Å². The van der Waals surface area contributed by atoms with Crippen LogP contribution in [0.3, 0.4) is 0 Å². The summed E-state index contributed by atoms with van der Waals surface area (Å²) in [5, 5.41) is 11.8. The molecule has 1 aliphatic heterocycles. The van der Waals surface area contributed by atoms with Crippen molar-refractivity contribution in [3.05, 3.63) is 0 Å². The Morgan fingerprint density at radius 2 is 2.00 bits per heavy atom. The number of nitrogens with zero attached hydrogens (tertiary/aromatic N) is 1. The predicted octanol–water partition coefficient (Wildman–Crippen LogP) is 2.78. The van der Waals surface area contributed by atoms with Crippen molar-refractivity contribution in [3.63, 3.8) is 0 Å². The first-order valence-corrected chi connectivity index (χ1v) is 8.68. The average Bonchev–Trinajstić information content (AvgIpc) is 2.51. The highest BCUT2D eigenvalue weighted by atomic mass is 16.3. The Kier molecular flexibility index (Phi) is 8.46. The lowest BCUT2D eigenvalue weighted by atomic mass is 9.93. The summed E-state index contributed by atoms with van der Waals surface area (Å²) in [6.45, 7) is 7.67. The molecule has 0 aromatic heterocycles. The number of aliphatic hydroxyl groups excluding tert-OH is 1. The molecule has 5 nitrogen and oxygen atoms in total. The summed E-state index contributed by atoms with van der Waals surface area (Å²) in [6, 6.07) is -0.297. The van der Waals surface area contributed by atoms with E-state index in [0.29, 0.717) is 19.0 Å². The highest BCUT2D eigenvalue weighted by molar-refractivity contribution is 5.95. The number of rotatable bonds is 7. The number of urea groups is 1. The molecule has 1 fully saturated rings. The van der Waals surface area contributed by atoms with Crippen molar-refractivity contribution in [3.8, 4) is 0 Å². The molecule has 2 N–H and O–H groups in total. The van der Waals surface area contributed by atoms with Gasteiger partial charge >= 0.3 is 6.03 Å². The van der Waals surface area contributed by atoms with E-state index in [9.17, 15) is 14.7 Å². The molecule has 0 saturated carbocycles. The smallest absolute Gasteiger partial charge is 0.324 e. The van der Waals surface area contributed by atoms with Crippen LogP contribution in [0.5, 0.6) is 0 Å². The minimum atomic E-state index is -0.297. The van der Waals surface area contributed by atoms with Crippen LogP contribution in [0.25, 0.3) is 0 Å². The third-order valence-corrected chi connectivity index (χ3v) is 4.39. The molecule has 0 radical (unpaired) electrons. The molecule has 0 aliphatic carbocycles. The predicted molar refractivity (Wildman–Crippen MR) is 87.4 cm³/mol. The quantitative estimate of drug-likeness (QED) is 0.759. The molecular weight excluding hydrogens is 280 g/mol. The first kappa shape index (κ1) is 18.9. The number of likely N-dealkylation sites (tertiary alicyclic amines) is 1. The highest BCUT2D eigenvalue weighted by Crippen LogP contribution is 2.19. The van der Waals surface area contributed by atoms with Crippen LogP contribution in [0.4, 0.5) is 4.79 Å². The van der Waals surface area contributed by atoms with Gasteiger partial charge in [-0.1, -0.05) is 33.6 Å². The van der Waals surface area contributed by atoms with Gasteiger partial charge in [-0.25, -0.2) is 4.79 Å². The summed E-state index contributed by atoms with van der Waals surface area (Å²) in [5.41, 5.74) is 0. The minimum absolute atomic E-state index is 0.0743. The zero-order valence-corrected chi connectivity index (χ0v) is 14.3. The van der Waals surface area contributed by atoms with E-state index in [4.69, 9.17) is 0 Å². The van der Waals surface area contributed by atoms with Gasteiger partial charge in [0.1, 0.15) is 0 Å². The standard InChI is InChI=1S/C17H32N2O3/c1-4-6-15(9-8-13(2)3)16(21)18-17(22)19-10-5-7-14(11-19)12-20/h13-15,20H,4-12H2,1-3H3,(H,18,21,22)/t14-,15+/m1/s1.